The molecule has 1 N–H and O–H groups in total. The molecule has 0 atom stereocenters. The number of phenols is 1. The van der Waals surface area contributed by atoms with Crippen LogP contribution in [0.5, 0.6) is 11.5 Å². The highest BCUT2D eigenvalue weighted by Gasteiger charge is 2.23. The molecule has 0 fully saturated rings. The maximum atomic E-state index is 10.0. The molecule has 2 aromatic rings. The lowest BCUT2D eigenvalue weighted by Crippen LogP contribution is -2.13. The van der Waals surface area contributed by atoms with Crippen LogP contribution in [0, 0.1) is 0 Å². The van der Waals surface area contributed by atoms with Crippen molar-refractivity contribution in [3.05, 3.63) is 24.0 Å². The summed E-state index contributed by atoms with van der Waals surface area (Å²) in [7, 11) is 1.49. The molecule has 0 saturated carbocycles. The second-order valence-electron chi connectivity index (χ2n) is 5.03. The zero-order valence-electron chi connectivity index (χ0n) is 10.9. The number of nitrogens with zero attached hydrogens (tertiary/aromatic N) is 2. The first kappa shape index (κ1) is 12.4. The fourth-order valence-corrected chi connectivity index (χ4v) is 1.50. The van der Waals surface area contributed by atoms with Crippen LogP contribution in [0.25, 0.3) is 11.5 Å². The standard InChI is InChI=1S/C13H16N2O3/c1-13(2,3)12-14-11(18-15-12)8-6-5-7-9(17-4)10(8)16/h5-7,16H,1-4H3. The lowest BCUT2D eigenvalue weighted by molar-refractivity contribution is 0.370. The number of ether oxygens (including phenoxy) is 1. The van der Waals surface area contributed by atoms with Crippen LogP contribution >= 0.6 is 0 Å². The van der Waals surface area contributed by atoms with Crippen LogP contribution in [0.2, 0.25) is 0 Å². The van der Waals surface area contributed by atoms with Gasteiger partial charge in [-0.3, -0.25) is 0 Å². The highest BCUT2D eigenvalue weighted by Crippen LogP contribution is 2.36. The Balaban J connectivity index is 2.47. The number of aromatic hydroxyl groups is 1. The Hall–Kier alpha value is -2.04. The summed E-state index contributed by atoms with van der Waals surface area (Å²) in [6, 6.07) is 5.13. The Morgan fingerprint density at radius 1 is 1.28 bits per heavy atom. The van der Waals surface area contributed by atoms with Crippen molar-refractivity contribution >= 4 is 0 Å². The molecule has 0 aliphatic heterocycles. The van der Waals surface area contributed by atoms with E-state index in [1.165, 1.54) is 7.11 Å². The maximum absolute atomic E-state index is 10.0. The third-order valence-electron chi connectivity index (χ3n) is 2.55. The van der Waals surface area contributed by atoms with E-state index in [0.29, 0.717) is 17.1 Å². The van der Waals surface area contributed by atoms with E-state index in [-0.39, 0.29) is 17.1 Å². The van der Waals surface area contributed by atoms with Gasteiger partial charge in [-0.1, -0.05) is 32.0 Å². The molecule has 0 bridgehead atoms. The first-order valence-corrected chi connectivity index (χ1v) is 5.64. The number of para-hydroxylation sites is 1. The first-order valence-electron chi connectivity index (χ1n) is 5.64. The summed E-state index contributed by atoms with van der Waals surface area (Å²) in [6.07, 6.45) is 0. The van der Waals surface area contributed by atoms with Crippen molar-refractivity contribution < 1.29 is 14.4 Å². The van der Waals surface area contributed by atoms with Gasteiger partial charge in [-0.15, -0.1) is 0 Å². The van der Waals surface area contributed by atoms with E-state index in [4.69, 9.17) is 9.26 Å². The van der Waals surface area contributed by atoms with Gasteiger partial charge in [0.15, 0.2) is 17.3 Å². The van der Waals surface area contributed by atoms with E-state index in [9.17, 15) is 5.11 Å². The molecule has 0 amide bonds. The van der Waals surface area contributed by atoms with Crippen molar-refractivity contribution in [3.63, 3.8) is 0 Å². The smallest absolute Gasteiger partial charge is 0.261 e. The third kappa shape index (κ3) is 2.16. The first-order chi connectivity index (χ1) is 8.43. The molecule has 1 aromatic carbocycles. The molecule has 5 heteroatoms. The summed E-state index contributed by atoms with van der Waals surface area (Å²) < 4.78 is 10.2. The Kier molecular flexibility index (Phi) is 2.98. The topological polar surface area (TPSA) is 68.4 Å². The van der Waals surface area contributed by atoms with Gasteiger partial charge in [0.05, 0.1) is 12.7 Å². The molecule has 0 saturated heterocycles. The lowest BCUT2D eigenvalue weighted by atomic mass is 9.96. The van der Waals surface area contributed by atoms with Crippen LogP contribution in [0.15, 0.2) is 22.7 Å². The van der Waals surface area contributed by atoms with Crippen molar-refractivity contribution in [3.8, 4) is 23.0 Å². The number of phenolic OH excluding ortho intramolecular Hbond substituents is 1. The van der Waals surface area contributed by atoms with Crippen molar-refractivity contribution in [2.75, 3.05) is 7.11 Å². The predicted molar refractivity (Wildman–Crippen MR) is 66.7 cm³/mol. The number of methoxy groups -OCH3 is 1. The Morgan fingerprint density at radius 2 is 2.00 bits per heavy atom. The van der Waals surface area contributed by atoms with Crippen molar-refractivity contribution in [2.45, 2.75) is 26.2 Å². The summed E-state index contributed by atoms with van der Waals surface area (Å²) >= 11 is 0. The van der Waals surface area contributed by atoms with Gasteiger partial charge in [0.2, 0.25) is 0 Å². The van der Waals surface area contributed by atoms with E-state index in [1.54, 1.807) is 18.2 Å². The molecular weight excluding hydrogens is 232 g/mol. The quantitative estimate of drug-likeness (QED) is 0.885. The van der Waals surface area contributed by atoms with Gasteiger partial charge in [-0.05, 0) is 12.1 Å². The summed E-state index contributed by atoms with van der Waals surface area (Å²) in [6.45, 7) is 5.98. The molecular formula is C13H16N2O3. The van der Waals surface area contributed by atoms with Gasteiger partial charge in [0.1, 0.15) is 0 Å². The third-order valence-corrected chi connectivity index (χ3v) is 2.55. The summed E-state index contributed by atoms with van der Waals surface area (Å²) in [5.74, 6) is 1.27. The molecule has 1 aromatic heterocycles. The Labute approximate surface area is 105 Å². The van der Waals surface area contributed by atoms with Gasteiger partial charge in [0.25, 0.3) is 5.89 Å². The van der Waals surface area contributed by atoms with Gasteiger partial charge in [-0.2, -0.15) is 4.98 Å². The Bertz CT molecular complexity index is 556. The fourth-order valence-electron chi connectivity index (χ4n) is 1.50. The zero-order valence-corrected chi connectivity index (χ0v) is 10.9. The molecule has 0 spiro atoms. The van der Waals surface area contributed by atoms with E-state index in [0.717, 1.165) is 0 Å². The van der Waals surface area contributed by atoms with Gasteiger partial charge in [-0.25, -0.2) is 0 Å². The van der Waals surface area contributed by atoms with Crippen LogP contribution in [-0.2, 0) is 5.41 Å². The highest BCUT2D eigenvalue weighted by molar-refractivity contribution is 5.66. The number of hydrogen-bond acceptors (Lipinski definition) is 5. The highest BCUT2D eigenvalue weighted by atomic mass is 16.5. The number of benzene rings is 1. The minimum absolute atomic E-state index is 0.00380. The number of aromatic nitrogens is 2. The normalized spacial score (nSPS) is 11.6. The average Bonchev–Trinajstić information content (AvgIpc) is 2.78. The summed E-state index contributed by atoms with van der Waals surface area (Å²) in [4.78, 5) is 4.29. The van der Waals surface area contributed by atoms with E-state index in [1.807, 2.05) is 20.8 Å². The molecule has 0 aliphatic rings. The van der Waals surface area contributed by atoms with Gasteiger partial charge < -0.3 is 14.4 Å². The van der Waals surface area contributed by atoms with Crippen LogP contribution in [0.1, 0.15) is 26.6 Å². The van der Waals surface area contributed by atoms with Crippen LogP contribution in [0.3, 0.4) is 0 Å². The summed E-state index contributed by atoms with van der Waals surface area (Å²) in [5.41, 5.74) is 0.272. The monoisotopic (exact) mass is 248 g/mol. The molecule has 2 rings (SSSR count). The SMILES string of the molecule is COc1cccc(-c2nc(C(C)(C)C)no2)c1O. The minimum Gasteiger partial charge on any atom is -0.504 e. The Morgan fingerprint density at radius 3 is 2.56 bits per heavy atom. The molecule has 0 aliphatic carbocycles. The van der Waals surface area contributed by atoms with Crippen LogP contribution in [-0.4, -0.2) is 22.4 Å². The lowest BCUT2D eigenvalue weighted by Gasteiger charge is -2.11. The molecule has 96 valence electrons. The van der Waals surface area contributed by atoms with Gasteiger partial charge >= 0.3 is 0 Å². The summed E-state index contributed by atoms with van der Waals surface area (Å²) in [5, 5.41) is 13.9. The van der Waals surface area contributed by atoms with E-state index >= 15 is 0 Å². The largest absolute Gasteiger partial charge is 0.504 e. The molecule has 1 heterocycles. The number of hydrogen-bond donors (Lipinski definition) is 1. The van der Waals surface area contributed by atoms with E-state index in [2.05, 4.69) is 10.1 Å². The van der Waals surface area contributed by atoms with E-state index < -0.39 is 0 Å². The molecule has 5 nitrogen and oxygen atoms in total. The molecule has 0 radical (unpaired) electrons. The molecule has 0 unspecified atom stereocenters. The van der Waals surface area contributed by atoms with Crippen molar-refractivity contribution in [1.29, 1.82) is 0 Å². The maximum Gasteiger partial charge on any atom is 0.261 e. The van der Waals surface area contributed by atoms with Crippen LogP contribution in [0.4, 0.5) is 0 Å². The average molecular weight is 248 g/mol. The second kappa shape index (κ2) is 4.33. The van der Waals surface area contributed by atoms with Crippen molar-refractivity contribution in [1.82, 2.24) is 10.1 Å². The minimum atomic E-state index is -0.198. The second-order valence-corrected chi connectivity index (χ2v) is 5.03. The number of rotatable bonds is 2. The van der Waals surface area contributed by atoms with Crippen LogP contribution < -0.4 is 4.74 Å². The zero-order chi connectivity index (χ0) is 13.3. The fraction of sp³-hybridized carbons (Fsp3) is 0.385. The predicted octanol–water partition coefficient (Wildman–Crippen LogP) is 2.75. The van der Waals surface area contributed by atoms with Gasteiger partial charge in [0, 0.05) is 5.41 Å². The van der Waals surface area contributed by atoms with Crippen molar-refractivity contribution in [2.24, 2.45) is 0 Å². The molecule has 18 heavy (non-hydrogen) atoms.